The fraction of sp³-hybridized carbons (Fsp3) is 1.00. The Labute approximate surface area is 125 Å². The molecule has 9 atom stereocenters. The summed E-state index contributed by atoms with van der Waals surface area (Å²) in [5.74, 6) is 4.94. The molecule has 8 N–H and O–H groups in total. The lowest BCUT2D eigenvalue weighted by Crippen LogP contribution is -2.63. The second-order valence-electron chi connectivity index (χ2n) is 5.19. The van der Waals surface area contributed by atoms with Gasteiger partial charge in [0, 0.05) is 0 Å². The van der Waals surface area contributed by atoms with Gasteiger partial charge in [0.05, 0.1) is 13.2 Å². The molecule has 0 spiro atoms. The number of aliphatic hydroxyl groups excluding tert-OH is 6. The molecule has 0 aromatic carbocycles. The van der Waals surface area contributed by atoms with Gasteiger partial charge in [-0.25, -0.2) is 5.90 Å². The Morgan fingerprint density at radius 2 is 1.64 bits per heavy atom. The minimum absolute atomic E-state index is 0.249. The van der Waals surface area contributed by atoms with Crippen LogP contribution in [0.2, 0.25) is 0 Å². The van der Waals surface area contributed by atoms with Crippen molar-refractivity contribution in [3.05, 3.63) is 0 Å². The van der Waals surface area contributed by atoms with Gasteiger partial charge in [-0.2, -0.15) is 0 Å². The van der Waals surface area contributed by atoms with Crippen LogP contribution in [0.25, 0.3) is 0 Å². The fourth-order valence-electron chi connectivity index (χ4n) is 2.39. The topological polar surface area (TPSA) is 184 Å². The summed E-state index contributed by atoms with van der Waals surface area (Å²) in [4.78, 5) is 4.38. The number of ether oxygens (including phenoxy) is 3. The lowest BCUT2D eigenvalue weighted by Gasteiger charge is -2.43. The lowest BCUT2D eigenvalue weighted by molar-refractivity contribution is -0.349. The van der Waals surface area contributed by atoms with Gasteiger partial charge < -0.3 is 44.8 Å². The van der Waals surface area contributed by atoms with Gasteiger partial charge in [-0.3, -0.25) is 4.84 Å². The summed E-state index contributed by atoms with van der Waals surface area (Å²) in [7, 11) is 0. The van der Waals surface area contributed by atoms with E-state index in [2.05, 4.69) is 4.84 Å². The lowest BCUT2D eigenvalue weighted by atomic mass is 9.98. The average molecular weight is 327 g/mol. The molecule has 2 saturated heterocycles. The van der Waals surface area contributed by atoms with Gasteiger partial charge in [0.2, 0.25) is 6.29 Å². The van der Waals surface area contributed by atoms with E-state index in [0.29, 0.717) is 0 Å². The van der Waals surface area contributed by atoms with Crippen LogP contribution < -0.4 is 5.90 Å². The Bertz CT molecular complexity index is 358. The van der Waals surface area contributed by atoms with Crippen molar-refractivity contribution in [3.63, 3.8) is 0 Å². The van der Waals surface area contributed by atoms with Crippen LogP contribution in [0.5, 0.6) is 0 Å². The van der Waals surface area contributed by atoms with Crippen LogP contribution in [0.3, 0.4) is 0 Å². The molecule has 130 valence electrons. The molecule has 2 rings (SSSR count). The largest absolute Gasteiger partial charge is 0.394 e. The smallest absolute Gasteiger partial charge is 0.205 e. The maximum Gasteiger partial charge on any atom is 0.205 e. The maximum absolute atomic E-state index is 9.94. The number of hydrogen-bond acceptors (Lipinski definition) is 11. The molecule has 0 amide bonds. The number of rotatable bonds is 4. The highest BCUT2D eigenvalue weighted by Crippen LogP contribution is 2.26. The molecule has 2 heterocycles. The van der Waals surface area contributed by atoms with Crippen molar-refractivity contribution in [2.45, 2.75) is 55.3 Å². The predicted octanol–water partition coefficient (Wildman–Crippen LogP) is -4.86. The minimum atomic E-state index is -1.66. The number of nitrogens with two attached hydrogens (primary N) is 1. The summed E-state index contributed by atoms with van der Waals surface area (Å²) in [6.07, 6.45) is -12.8. The van der Waals surface area contributed by atoms with Gasteiger partial charge in [-0.05, 0) is 0 Å². The zero-order chi connectivity index (χ0) is 16.4. The van der Waals surface area contributed by atoms with E-state index in [1.807, 2.05) is 0 Å². The molecule has 2 fully saturated rings. The van der Waals surface area contributed by atoms with Gasteiger partial charge in [0.1, 0.15) is 42.7 Å². The maximum atomic E-state index is 9.94. The molecule has 22 heavy (non-hydrogen) atoms. The van der Waals surface area contributed by atoms with Gasteiger partial charge in [0.15, 0.2) is 6.29 Å². The Balaban J connectivity index is 2.07. The third kappa shape index (κ3) is 3.39. The summed E-state index contributed by atoms with van der Waals surface area (Å²) >= 11 is 0. The number of hydrogen-bond donors (Lipinski definition) is 7. The predicted molar refractivity (Wildman–Crippen MR) is 65.7 cm³/mol. The van der Waals surface area contributed by atoms with Gasteiger partial charge in [0.25, 0.3) is 0 Å². The Hall–Kier alpha value is -0.440. The first-order valence-corrected chi connectivity index (χ1v) is 6.70. The van der Waals surface area contributed by atoms with Crippen LogP contribution in [0.1, 0.15) is 0 Å². The molecule has 2 aliphatic heterocycles. The van der Waals surface area contributed by atoms with Gasteiger partial charge in [-0.15, -0.1) is 0 Å². The highest BCUT2D eigenvalue weighted by molar-refractivity contribution is 4.91. The molecule has 2 aliphatic rings. The highest BCUT2D eigenvalue weighted by atomic mass is 16.8. The zero-order valence-corrected chi connectivity index (χ0v) is 11.5. The Morgan fingerprint density at radius 3 is 2.23 bits per heavy atom. The summed E-state index contributed by atoms with van der Waals surface area (Å²) in [5.41, 5.74) is 0. The Kier molecular flexibility index (Phi) is 6.04. The monoisotopic (exact) mass is 327 g/mol. The standard InChI is InChI=1S/C11H21NO10/c12-22-10-8(18)9(3(14)2-19-10)21-11-7(17)6(16)5(15)4(1-13)20-11/h3-11,13-18H,1-2,12H2/t3-,4+,5-,6-,7+,8-,9+,10-,11-/m0/s1. The SMILES string of the molecule is NO[C@@H]1OC[C@H](O)[C@@H](O[C@@H]2O[C@H](CO)[C@H](O)[C@H](O)[C@H]2O)[C@@H]1O. The first kappa shape index (κ1) is 17.9. The van der Waals surface area contributed by atoms with E-state index in [1.165, 1.54) is 0 Å². The van der Waals surface area contributed by atoms with Crippen molar-refractivity contribution in [2.75, 3.05) is 13.2 Å². The zero-order valence-electron chi connectivity index (χ0n) is 11.5. The third-order valence-corrected chi connectivity index (χ3v) is 3.70. The second-order valence-corrected chi connectivity index (χ2v) is 5.19. The molecule has 0 aromatic heterocycles. The van der Waals surface area contributed by atoms with E-state index < -0.39 is 61.9 Å². The van der Waals surface area contributed by atoms with Crippen LogP contribution in [0, 0.1) is 0 Å². The normalized spacial score (nSPS) is 50.0. The van der Waals surface area contributed by atoms with Crippen LogP contribution >= 0.6 is 0 Å². The molecular formula is C11H21NO10. The molecule has 0 bridgehead atoms. The fourth-order valence-corrected chi connectivity index (χ4v) is 2.39. The Morgan fingerprint density at radius 1 is 0.955 bits per heavy atom. The van der Waals surface area contributed by atoms with Gasteiger partial charge in [-0.1, -0.05) is 0 Å². The van der Waals surface area contributed by atoms with Crippen molar-refractivity contribution in [1.82, 2.24) is 0 Å². The van der Waals surface area contributed by atoms with Crippen LogP contribution in [0.4, 0.5) is 0 Å². The van der Waals surface area contributed by atoms with Crippen molar-refractivity contribution < 1.29 is 49.7 Å². The van der Waals surface area contributed by atoms with Crippen molar-refractivity contribution in [3.8, 4) is 0 Å². The molecule has 0 radical (unpaired) electrons. The summed E-state index contributed by atoms with van der Waals surface area (Å²) in [6, 6.07) is 0. The van der Waals surface area contributed by atoms with E-state index in [1.54, 1.807) is 0 Å². The second kappa shape index (κ2) is 7.42. The third-order valence-electron chi connectivity index (χ3n) is 3.70. The van der Waals surface area contributed by atoms with Crippen molar-refractivity contribution >= 4 is 0 Å². The minimum Gasteiger partial charge on any atom is -0.394 e. The number of aliphatic hydroxyl groups is 6. The van der Waals surface area contributed by atoms with E-state index in [4.69, 9.17) is 25.2 Å². The molecule has 11 nitrogen and oxygen atoms in total. The summed E-state index contributed by atoms with van der Waals surface area (Å²) < 4.78 is 15.3. The molecule has 0 aliphatic carbocycles. The van der Waals surface area contributed by atoms with Crippen LogP contribution in [-0.2, 0) is 19.0 Å². The first-order chi connectivity index (χ1) is 10.4. The molecular weight excluding hydrogens is 306 g/mol. The molecule has 0 unspecified atom stereocenters. The van der Waals surface area contributed by atoms with E-state index in [9.17, 15) is 25.5 Å². The van der Waals surface area contributed by atoms with Gasteiger partial charge >= 0.3 is 0 Å². The highest BCUT2D eigenvalue weighted by Gasteiger charge is 2.48. The van der Waals surface area contributed by atoms with Crippen LogP contribution in [-0.4, -0.2) is 99.2 Å². The molecule has 0 saturated carbocycles. The first-order valence-electron chi connectivity index (χ1n) is 6.70. The summed E-state index contributed by atoms with van der Waals surface area (Å²) in [6.45, 7) is -0.876. The molecule has 0 aromatic rings. The van der Waals surface area contributed by atoms with Crippen molar-refractivity contribution in [1.29, 1.82) is 0 Å². The van der Waals surface area contributed by atoms with E-state index in [0.717, 1.165) is 0 Å². The van der Waals surface area contributed by atoms with E-state index in [-0.39, 0.29) is 6.61 Å². The average Bonchev–Trinajstić information content (AvgIpc) is 2.51. The van der Waals surface area contributed by atoms with Crippen molar-refractivity contribution in [2.24, 2.45) is 5.90 Å². The van der Waals surface area contributed by atoms with Crippen LogP contribution in [0.15, 0.2) is 0 Å². The molecule has 11 heteroatoms. The quantitative estimate of drug-likeness (QED) is 0.246. The van der Waals surface area contributed by atoms with E-state index >= 15 is 0 Å². The summed E-state index contributed by atoms with van der Waals surface area (Å²) in [5, 5.41) is 58.0.